The van der Waals surface area contributed by atoms with Gasteiger partial charge < -0.3 is 5.32 Å². The minimum absolute atomic E-state index is 0.233. The van der Waals surface area contributed by atoms with Crippen LogP contribution < -0.4 is 5.32 Å². The molecule has 122 valence electrons. The van der Waals surface area contributed by atoms with E-state index in [0.29, 0.717) is 23.6 Å². The van der Waals surface area contributed by atoms with Gasteiger partial charge in [-0.15, -0.1) is 0 Å². The summed E-state index contributed by atoms with van der Waals surface area (Å²) < 4.78 is 38.7. The van der Waals surface area contributed by atoms with E-state index >= 15 is 0 Å². The molecule has 2 saturated carbocycles. The van der Waals surface area contributed by atoms with E-state index in [1.165, 1.54) is 50.7 Å². The van der Waals surface area contributed by atoms with Crippen molar-refractivity contribution in [1.82, 2.24) is 5.32 Å². The van der Waals surface area contributed by atoms with Crippen molar-refractivity contribution in [2.75, 3.05) is 0 Å². The van der Waals surface area contributed by atoms with Crippen LogP contribution >= 0.6 is 11.6 Å². The Bertz CT molecular complexity index is 535. The Morgan fingerprint density at radius 2 is 1.86 bits per heavy atom. The summed E-state index contributed by atoms with van der Waals surface area (Å²) >= 11 is 5.66. The van der Waals surface area contributed by atoms with E-state index in [1.807, 2.05) is 0 Å². The first-order valence-corrected chi connectivity index (χ1v) is 8.38. The normalized spacial score (nSPS) is 24.3. The number of hydrogen-bond donors (Lipinski definition) is 1. The van der Waals surface area contributed by atoms with E-state index in [0.717, 1.165) is 6.42 Å². The molecular weight excluding hydrogens is 311 g/mol. The Hall–Kier alpha value is -0.740. The quantitative estimate of drug-likeness (QED) is 0.764. The zero-order chi connectivity index (χ0) is 15.8. The fraction of sp³-hybridized carbons (Fsp3) is 0.647. The highest BCUT2D eigenvalue weighted by Gasteiger charge is 2.46. The Labute approximate surface area is 134 Å². The molecule has 22 heavy (non-hydrogen) atoms. The number of halogens is 4. The molecule has 0 aliphatic heterocycles. The van der Waals surface area contributed by atoms with Crippen LogP contribution in [0.1, 0.15) is 56.1 Å². The summed E-state index contributed by atoms with van der Waals surface area (Å²) in [4.78, 5) is 0. The van der Waals surface area contributed by atoms with Crippen molar-refractivity contribution in [3.8, 4) is 0 Å². The van der Waals surface area contributed by atoms with Gasteiger partial charge in [0.2, 0.25) is 0 Å². The zero-order valence-electron chi connectivity index (χ0n) is 12.5. The molecule has 0 heterocycles. The molecule has 0 unspecified atom stereocenters. The molecule has 0 saturated heterocycles. The standard InChI is InChI=1S/C17H21ClF3N/c18-14-5-4-12(10-13(14)17(19,20)21)11-22-15-6-9-16(15)7-2-1-3-8-16/h4-5,10,15,22H,1-3,6-9,11H2/t15-/m0/s1. The molecule has 1 nitrogen and oxygen atoms in total. The van der Waals surface area contributed by atoms with Crippen LogP contribution in [0.25, 0.3) is 0 Å². The first-order chi connectivity index (χ1) is 10.4. The van der Waals surface area contributed by atoms with Crippen molar-refractivity contribution >= 4 is 11.6 Å². The molecule has 2 aliphatic carbocycles. The summed E-state index contributed by atoms with van der Waals surface area (Å²) in [5.74, 6) is 0. The van der Waals surface area contributed by atoms with Crippen molar-refractivity contribution < 1.29 is 13.2 Å². The second kappa shape index (κ2) is 6.04. The molecule has 1 aromatic rings. The fourth-order valence-corrected chi connectivity index (χ4v) is 4.24. The Morgan fingerprint density at radius 3 is 2.45 bits per heavy atom. The summed E-state index contributed by atoms with van der Waals surface area (Å²) in [6.07, 6.45) is 4.43. The van der Waals surface area contributed by atoms with E-state index in [4.69, 9.17) is 11.6 Å². The van der Waals surface area contributed by atoms with Gasteiger partial charge in [-0.3, -0.25) is 0 Å². The van der Waals surface area contributed by atoms with Gasteiger partial charge in [-0.25, -0.2) is 0 Å². The summed E-state index contributed by atoms with van der Waals surface area (Å²) in [7, 11) is 0. The van der Waals surface area contributed by atoms with E-state index in [2.05, 4.69) is 5.32 Å². The largest absolute Gasteiger partial charge is 0.417 e. The average Bonchev–Trinajstić information content (AvgIpc) is 2.47. The van der Waals surface area contributed by atoms with Crippen LogP contribution in [0.3, 0.4) is 0 Å². The van der Waals surface area contributed by atoms with Crippen LogP contribution in [0.15, 0.2) is 18.2 Å². The predicted octanol–water partition coefficient (Wildman–Crippen LogP) is 5.56. The first kappa shape index (κ1) is 16.1. The Balaban J connectivity index is 1.65. The third-order valence-corrected chi connectivity index (χ3v) is 5.74. The number of nitrogens with one attached hydrogen (secondary N) is 1. The lowest BCUT2D eigenvalue weighted by Crippen LogP contribution is -2.53. The van der Waals surface area contributed by atoms with Crippen molar-refractivity contribution in [2.45, 2.75) is 63.7 Å². The lowest BCUT2D eigenvalue weighted by molar-refractivity contribution is -0.137. The maximum Gasteiger partial charge on any atom is 0.417 e. The van der Waals surface area contributed by atoms with Crippen LogP contribution in [-0.4, -0.2) is 6.04 Å². The van der Waals surface area contributed by atoms with Crippen LogP contribution in [0.4, 0.5) is 13.2 Å². The van der Waals surface area contributed by atoms with Crippen LogP contribution in [0.5, 0.6) is 0 Å². The van der Waals surface area contributed by atoms with Gasteiger partial charge in [0, 0.05) is 12.6 Å². The lowest BCUT2D eigenvalue weighted by atomic mass is 9.57. The van der Waals surface area contributed by atoms with E-state index in [1.54, 1.807) is 6.07 Å². The number of rotatable bonds is 3. The third kappa shape index (κ3) is 3.13. The zero-order valence-corrected chi connectivity index (χ0v) is 13.2. The highest BCUT2D eigenvalue weighted by atomic mass is 35.5. The molecule has 0 aromatic heterocycles. The molecule has 3 rings (SSSR count). The fourth-order valence-electron chi connectivity index (χ4n) is 4.01. The van der Waals surface area contributed by atoms with Crippen molar-refractivity contribution in [3.05, 3.63) is 34.3 Å². The summed E-state index contributed by atoms with van der Waals surface area (Å²) in [6.45, 7) is 0.479. The summed E-state index contributed by atoms with van der Waals surface area (Å²) in [6, 6.07) is 4.65. The SMILES string of the molecule is FC(F)(F)c1cc(CN[C@H]2CCC23CCCCC3)ccc1Cl. The molecule has 2 aliphatic rings. The van der Waals surface area contributed by atoms with Gasteiger partial charge in [0.1, 0.15) is 0 Å². The van der Waals surface area contributed by atoms with E-state index in [-0.39, 0.29) is 5.02 Å². The van der Waals surface area contributed by atoms with E-state index in [9.17, 15) is 13.2 Å². The topological polar surface area (TPSA) is 12.0 Å². The molecule has 0 radical (unpaired) electrons. The minimum Gasteiger partial charge on any atom is -0.309 e. The molecule has 1 aromatic carbocycles. The summed E-state index contributed by atoms with van der Waals surface area (Å²) in [5, 5.41) is 3.25. The molecule has 5 heteroatoms. The minimum atomic E-state index is -4.39. The van der Waals surface area contributed by atoms with Crippen molar-refractivity contribution in [3.63, 3.8) is 0 Å². The van der Waals surface area contributed by atoms with Crippen LogP contribution in [0.2, 0.25) is 5.02 Å². The second-order valence-corrected chi connectivity index (χ2v) is 7.11. The van der Waals surface area contributed by atoms with Gasteiger partial charge >= 0.3 is 6.18 Å². The Morgan fingerprint density at radius 1 is 1.14 bits per heavy atom. The average molecular weight is 332 g/mol. The smallest absolute Gasteiger partial charge is 0.309 e. The van der Waals surface area contributed by atoms with Gasteiger partial charge in [-0.2, -0.15) is 13.2 Å². The molecular formula is C17H21ClF3N. The molecule has 0 bridgehead atoms. The lowest BCUT2D eigenvalue weighted by Gasteiger charge is -2.52. The van der Waals surface area contributed by atoms with Gasteiger partial charge in [0.05, 0.1) is 10.6 Å². The predicted molar refractivity (Wildman–Crippen MR) is 81.8 cm³/mol. The molecule has 0 amide bonds. The molecule has 1 spiro atoms. The van der Waals surface area contributed by atoms with Gasteiger partial charge in [0.25, 0.3) is 0 Å². The van der Waals surface area contributed by atoms with Gasteiger partial charge in [-0.05, 0) is 48.8 Å². The van der Waals surface area contributed by atoms with Gasteiger partial charge in [-0.1, -0.05) is 36.9 Å². The van der Waals surface area contributed by atoms with E-state index < -0.39 is 11.7 Å². The Kier molecular flexibility index (Phi) is 4.43. The highest BCUT2D eigenvalue weighted by Crippen LogP contribution is 2.51. The monoisotopic (exact) mass is 331 g/mol. The van der Waals surface area contributed by atoms with Crippen molar-refractivity contribution in [1.29, 1.82) is 0 Å². The third-order valence-electron chi connectivity index (χ3n) is 5.41. The first-order valence-electron chi connectivity index (χ1n) is 8.00. The van der Waals surface area contributed by atoms with Gasteiger partial charge in [0.15, 0.2) is 0 Å². The summed E-state index contributed by atoms with van der Waals surface area (Å²) in [5.41, 5.74) is 0.321. The number of benzene rings is 1. The maximum absolute atomic E-state index is 12.9. The molecule has 2 fully saturated rings. The highest BCUT2D eigenvalue weighted by molar-refractivity contribution is 6.31. The van der Waals surface area contributed by atoms with Crippen molar-refractivity contribution in [2.24, 2.45) is 5.41 Å². The molecule has 1 atom stereocenters. The molecule has 1 N–H and O–H groups in total. The number of alkyl halides is 3. The maximum atomic E-state index is 12.9. The number of hydrogen-bond acceptors (Lipinski definition) is 1. The van der Waals surface area contributed by atoms with Crippen LogP contribution in [-0.2, 0) is 12.7 Å². The van der Waals surface area contributed by atoms with Crippen LogP contribution in [0, 0.1) is 5.41 Å². The second-order valence-electron chi connectivity index (χ2n) is 6.71.